The second-order valence-corrected chi connectivity index (χ2v) is 5.97. The van der Waals surface area contributed by atoms with Crippen molar-refractivity contribution in [2.24, 2.45) is 0 Å². The third kappa shape index (κ3) is 4.19. The number of allylic oxidation sites excluding steroid dienone is 1. The highest BCUT2D eigenvalue weighted by Gasteiger charge is 2.18. The molecule has 25 heavy (non-hydrogen) atoms. The van der Waals surface area contributed by atoms with Gasteiger partial charge in [0.1, 0.15) is 11.5 Å². The third-order valence-corrected chi connectivity index (χ3v) is 4.27. The monoisotopic (exact) mass is 338 g/mol. The van der Waals surface area contributed by atoms with Gasteiger partial charge >= 0.3 is 0 Å². The van der Waals surface area contributed by atoms with E-state index >= 15 is 0 Å². The number of phenolic OH excluding ortho intramolecular Hbond substituents is 1. The Kier molecular flexibility index (Phi) is 5.36. The summed E-state index contributed by atoms with van der Waals surface area (Å²) in [6.07, 6.45) is 2.25. The lowest BCUT2D eigenvalue weighted by atomic mass is 10.0. The Hall–Kier alpha value is -2.79. The normalized spacial score (nSPS) is 19.1. The summed E-state index contributed by atoms with van der Waals surface area (Å²) in [5.74, 6) is 0.249. The van der Waals surface area contributed by atoms with Gasteiger partial charge in [0.15, 0.2) is 5.78 Å². The van der Waals surface area contributed by atoms with Crippen molar-refractivity contribution < 1.29 is 14.6 Å². The molecule has 1 unspecified atom stereocenters. The van der Waals surface area contributed by atoms with Gasteiger partial charge < -0.3 is 20.5 Å². The van der Waals surface area contributed by atoms with Crippen molar-refractivity contribution in [2.45, 2.75) is 12.5 Å². The van der Waals surface area contributed by atoms with Crippen molar-refractivity contribution in [1.82, 2.24) is 10.6 Å². The highest BCUT2D eigenvalue weighted by atomic mass is 16.5. The maximum absolute atomic E-state index is 12.6. The Balaban J connectivity index is 1.83. The van der Waals surface area contributed by atoms with E-state index < -0.39 is 0 Å². The maximum Gasteiger partial charge on any atom is 0.191 e. The van der Waals surface area contributed by atoms with Crippen molar-refractivity contribution in [3.05, 3.63) is 71.4 Å². The zero-order valence-electron chi connectivity index (χ0n) is 14.2. The average molecular weight is 338 g/mol. The van der Waals surface area contributed by atoms with Crippen LogP contribution in [0, 0.1) is 0 Å². The van der Waals surface area contributed by atoms with E-state index in [1.165, 1.54) is 18.7 Å². The molecule has 0 aliphatic carbocycles. The largest absolute Gasteiger partial charge is 0.507 e. The van der Waals surface area contributed by atoms with E-state index in [9.17, 15) is 9.90 Å². The van der Waals surface area contributed by atoms with Crippen LogP contribution in [0.2, 0.25) is 0 Å². The van der Waals surface area contributed by atoms with E-state index in [0.29, 0.717) is 12.2 Å². The molecule has 0 bridgehead atoms. The smallest absolute Gasteiger partial charge is 0.191 e. The summed E-state index contributed by atoms with van der Waals surface area (Å²) in [7, 11) is 1.53. The zero-order valence-corrected chi connectivity index (χ0v) is 14.2. The minimum Gasteiger partial charge on any atom is -0.507 e. The van der Waals surface area contributed by atoms with E-state index in [0.717, 1.165) is 18.8 Å². The summed E-state index contributed by atoms with van der Waals surface area (Å²) in [6.45, 7) is 1.56. The number of carbonyl (C=O) groups is 1. The third-order valence-electron chi connectivity index (χ3n) is 4.27. The second kappa shape index (κ2) is 7.85. The quantitative estimate of drug-likeness (QED) is 0.591. The van der Waals surface area contributed by atoms with Crippen molar-refractivity contribution in [1.29, 1.82) is 0 Å². The van der Waals surface area contributed by atoms with Gasteiger partial charge in [-0.2, -0.15) is 0 Å². The molecule has 2 aromatic carbocycles. The topological polar surface area (TPSA) is 70.6 Å². The maximum atomic E-state index is 12.6. The first-order valence-corrected chi connectivity index (χ1v) is 8.31. The van der Waals surface area contributed by atoms with Crippen molar-refractivity contribution in [3.63, 3.8) is 0 Å². The van der Waals surface area contributed by atoms with Gasteiger partial charge in [-0.05, 0) is 23.8 Å². The van der Waals surface area contributed by atoms with Crippen LogP contribution < -0.4 is 15.4 Å². The highest BCUT2D eigenvalue weighted by molar-refractivity contribution is 6.07. The first-order chi connectivity index (χ1) is 12.2. The minimum absolute atomic E-state index is 0.0472. The molecule has 0 amide bonds. The first-order valence-electron chi connectivity index (χ1n) is 8.31. The Labute approximate surface area is 147 Å². The van der Waals surface area contributed by atoms with Crippen LogP contribution in [0.3, 0.4) is 0 Å². The van der Waals surface area contributed by atoms with Gasteiger partial charge in [-0.1, -0.05) is 30.3 Å². The lowest BCUT2D eigenvalue weighted by molar-refractivity contribution is 0.104. The lowest BCUT2D eigenvalue weighted by Gasteiger charge is -2.16. The van der Waals surface area contributed by atoms with E-state index in [-0.39, 0.29) is 23.1 Å². The fourth-order valence-electron chi connectivity index (χ4n) is 2.94. The number of methoxy groups -OCH3 is 1. The lowest BCUT2D eigenvalue weighted by Crippen LogP contribution is -2.23. The summed E-state index contributed by atoms with van der Waals surface area (Å²) in [6, 6.07) is 15.0. The van der Waals surface area contributed by atoms with Crippen LogP contribution in [-0.2, 0) is 0 Å². The van der Waals surface area contributed by atoms with Crippen LogP contribution in [0.15, 0.2) is 60.3 Å². The SMILES string of the molecule is COc1ccc(O)c(C(=O)/C=C2\CC(c3ccccc3)NCCN2)c1. The molecule has 0 saturated carbocycles. The standard InChI is InChI=1S/C20H22N2O3/c1-25-16-7-8-19(23)17(13-16)20(24)12-15-11-18(22-10-9-21-15)14-5-3-2-4-6-14/h2-8,12-13,18,21-23H,9-11H2,1H3/b15-12+. The molecule has 2 aromatic rings. The molecule has 1 atom stereocenters. The number of hydrogen-bond acceptors (Lipinski definition) is 5. The molecule has 1 heterocycles. The predicted octanol–water partition coefficient (Wildman–Crippen LogP) is 2.79. The number of benzene rings is 2. The van der Waals surface area contributed by atoms with Gasteiger partial charge in [0, 0.05) is 37.3 Å². The number of hydrogen-bond donors (Lipinski definition) is 3. The van der Waals surface area contributed by atoms with Gasteiger partial charge in [0.25, 0.3) is 0 Å². The van der Waals surface area contributed by atoms with Crippen LogP contribution in [0.4, 0.5) is 0 Å². The molecule has 3 N–H and O–H groups in total. The van der Waals surface area contributed by atoms with E-state index in [1.54, 1.807) is 18.2 Å². The summed E-state index contributed by atoms with van der Waals surface area (Å²) >= 11 is 0. The van der Waals surface area contributed by atoms with Crippen molar-refractivity contribution in [2.75, 3.05) is 20.2 Å². The number of ether oxygens (including phenoxy) is 1. The Bertz CT molecular complexity index is 772. The minimum atomic E-state index is -0.243. The molecule has 5 heteroatoms. The number of aromatic hydroxyl groups is 1. The molecule has 3 rings (SSSR count). The van der Waals surface area contributed by atoms with Crippen LogP contribution in [0.25, 0.3) is 0 Å². The molecule has 1 saturated heterocycles. The van der Waals surface area contributed by atoms with Crippen LogP contribution in [-0.4, -0.2) is 31.1 Å². The molecule has 0 aromatic heterocycles. The van der Waals surface area contributed by atoms with E-state index in [4.69, 9.17) is 4.74 Å². The molecule has 0 spiro atoms. The molecular formula is C20H22N2O3. The van der Waals surface area contributed by atoms with E-state index in [1.807, 2.05) is 18.2 Å². The molecular weight excluding hydrogens is 316 g/mol. The highest BCUT2D eigenvalue weighted by Crippen LogP contribution is 2.25. The van der Waals surface area contributed by atoms with Gasteiger partial charge in [0.05, 0.1) is 12.7 Å². The van der Waals surface area contributed by atoms with Crippen LogP contribution >= 0.6 is 0 Å². The number of nitrogens with one attached hydrogen (secondary N) is 2. The van der Waals surface area contributed by atoms with Crippen molar-refractivity contribution in [3.8, 4) is 11.5 Å². The molecule has 5 nitrogen and oxygen atoms in total. The number of ketones is 1. The van der Waals surface area contributed by atoms with Gasteiger partial charge in [-0.15, -0.1) is 0 Å². The molecule has 0 radical (unpaired) electrons. The molecule has 130 valence electrons. The zero-order chi connectivity index (χ0) is 17.6. The number of phenols is 1. The van der Waals surface area contributed by atoms with E-state index in [2.05, 4.69) is 22.8 Å². The number of carbonyl (C=O) groups excluding carboxylic acids is 1. The summed E-state index contributed by atoms with van der Waals surface area (Å²) in [5, 5.41) is 16.8. The predicted molar refractivity (Wildman–Crippen MR) is 96.9 cm³/mol. The molecule has 1 fully saturated rings. The fraction of sp³-hybridized carbons (Fsp3) is 0.250. The summed E-state index contributed by atoms with van der Waals surface area (Å²) < 4.78 is 5.14. The van der Waals surface area contributed by atoms with Crippen molar-refractivity contribution >= 4 is 5.78 Å². The molecule has 1 aliphatic rings. The average Bonchev–Trinajstić information content (AvgIpc) is 2.88. The van der Waals surface area contributed by atoms with Crippen LogP contribution in [0.5, 0.6) is 11.5 Å². The van der Waals surface area contributed by atoms with Crippen LogP contribution in [0.1, 0.15) is 28.4 Å². The second-order valence-electron chi connectivity index (χ2n) is 5.97. The summed E-state index contributed by atoms with van der Waals surface area (Å²) in [4.78, 5) is 12.6. The Morgan fingerprint density at radius 1 is 1.20 bits per heavy atom. The molecule has 1 aliphatic heterocycles. The number of rotatable bonds is 4. The first kappa shape index (κ1) is 17.0. The van der Waals surface area contributed by atoms with Gasteiger partial charge in [-0.3, -0.25) is 4.79 Å². The fourth-order valence-corrected chi connectivity index (χ4v) is 2.94. The van der Waals surface area contributed by atoms with Gasteiger partial charge in [0.2, 0.25) is 0 Å². The van der Waals surface area contributed by atoms with Gasteiger partial charge in [-0.25, -0.2) is 0 Å². The Morgan fingerprint density at radius 2 is 2.00 bits per heavy atom. The summed E-state index contributed by atoms with van der Waals surface area (Å²) in [5.41, 5.74) is 2.28. The Morgan fingerprint density at radius 3 is 2.76 bits per heavy atom.